The molecule has 0 atom stereocenters. The Morgan fingerprint density at radius 2 is 1.67 bits per heavy atom. The van der Waals surface area contributed by atoms with Crippen molar-refractivity contribution >= 4 is 0 Å². The van der Waals surface area contributed by atoms with E-state index in [4.69, 9.17) is 0 Å². The van der Waals surface area contributed by atoms with Gasteiger partial charge in [-0.3, -0.25) is 0 Å². The molecule has 0 spiro atoms. The fourth-order valence-electron chi connectivity index (χ4n) is 2.61. The highest BCUT2D eigenvalue weighted by molar-refractivity contribution is 5.23. The van der Waals surface area contributed by atoms with Gasteiger partial charge >= 0.3 is 0 Å². The Morgan fingerprint density at radius 3 is 2.28 bits per heavy atom. The SMILES string of the molecule is CN(C)CCc1ccc(CC2CCNCC2)cc1. The van der Waals surface area contributed by atoms with Crippen molar-refractivity contribution < 1.29 is 0 Å². The lowest BCUT2D eigenvalue weighted by atomic mass is 9.90. The highest BCUT2D eigenvalue weighted by atomic mass is 15.0. The summed E-state index contributed by atoms with van der Waals surface area (Å²) in [4.78, 5) is 2.24. The largest absolute Gasteiger partial charge is 0.317 e. The van der Waals surface area contributed by atoms with Gasteiger partial charge in [0.15, 0.2) is 0 Å². The predicted octanol–water partition coefficient (Wildman–Crippen LogP) is 2.33. The molecule has 18 heavy (non-hydrogen) atoms. The van der Waals surface area contributed by atoms with Crippen LogP contribution in [0.1, 0.15) is 24.0 Å². The molecule has 1 fully saturated rings. The third-order valence-electron chi connectivity index (χ3n) is 3.85. The molecule has 0 radical (unpaired) electrons. The monoisotopic (exact) mass is 246 g/mol. The molecule has 0 amide bonds. The first-order valence-corrected chi connectivity index (χ1v) is 7.17. The van der Waals surface area contributed by atoms with Crippen molar-refractivity contribution in [1.82, 2.24) is 10.2 Å². The molecule has 1 saturated heterocycles. The van der Waals surface area contributed by atoms with E-state index >= 15 is 0 Å². The lowest BCUT2D eigenvalue weighted by molar-refractivity contribution is 0.372. The Bertz CT molecular complexity index is 337. The molecule has 0 aromatic heterocycles. The molecule has 2 nitrogen and oxygen atoms in total. The number of hydrogen-bond donors (Lipinski definition) is 1. The van der Waals surface area contributed by atoms with Gasteiger partial charge in [0.2, 0.25) is 0 Å². The van der Waals surface area contributed by atoms with Gasteiger partial charge in [0.1, 0.15) is 0 Å². The third kappa shape index (κ3) is 4.43. The van der Waals surface area contributed by atoms with E-state index in [-0.39, 0.29) is 0 Å². The van der Waals surface area contributed by atoms with E-state index in [1.165, 1.54) is 43.5 Å². The Kier molecular flexibility index (Phi) is 5.21. The molecular weight excluding hydrogens is 220 g/mol. The third-order valence-corrected chi connectivity index (χ3v) is 3.85. The zero-order valence-corrected chi connectivity index (χ0v) is 11.8. The second kappa shape index (κ2) is 6.91. The molecule has 1 N–H and O–H groups in total. The smallest absolute Gasteiger partial charge is 0.00157 e. The molecule has 2 heteroatoms. The van der Waals surface area contributed by atoms with Gasteiger partial charge in [-0.1, -0.05) is 24.3 Å². The molecule has 0 bridgehead atoms. The number of likely N-dealkylation sites (N-methyl/N-ethyl adjacent to an activating group) is 1. The van der Waals surface area contributed by atoms with Crippen LogP contribution in [0.5, 0.6) is 0 Å². The lowest BCUT2D eigenvalue weighted by Gasteiger charge is -2.22. The van der Waals surface area contributed by atoms with Crippen molar-refractivity contribution in [1.29, 1.82) is 0 Å². The van der Waals surface area contributed by atoms with Gasteiger partial charge in [-0.2, -0.15) is 0 Å². The average Bonchev–Trinajstić information content (AvgIpc) is 2.39. The van der Waals surface area contributed by atoms with Crippen LogP contribution in [-0.2, 0) is 12.8 Å². The van der Waals surface area contributed by atoms with Crippen LogP contribution in [0.4, 0.5) is 0 Å². The van der Waals surface area contributed by atoms with E-state index in [1.54, 1.807) is 0 Å². The summed E-state index contributed by atoms with van der Waals surface area (Å²) in [5.41, 5.74) is 2.97. The summed E-state index contributed by atoms with van der Waals surface area (Å²) in [5, 5.41) is 3.43. The Morgan fingerprint density at radius 1 is 1.06 bits per heavy atom. The number of piperidine rings is 1. The molecule has 0 aliphatic carbocycles. The van der Waals surface area contributed by atoms with Crippen molar-refractivity contribution in [2.45, 2.75) is 25.7 Å². The van der Waals surface area contributed by atoms with Gasteiger partial charge in [0, 0.05) is 6.54 Å². The van der Waals surface area contributed by atoms with E-state index in [0.29, 0.717) is 0 Å². The van der Waals surface area contributed by atoms with Crippen molar-refractivity contribution in [2.75, 3.05) is 33.7 Å². The van der Waals surface area contributed by atoms with E-state index in [1.807, 2.05) is 0 Å². The molecule has 0 saturated carbocycles. The number of hydrogen-bond acceptors (Lipinski definition) is 2. The van der Waals surface area contributed by atoms with Crippen LogP contribution in [0.15, 0.2) is 24.3 Å². The second-order valence-corrected chi connectivity index (χ2v) is 5.77. The Labute approximate surface area is 111 Å². The zero-order valence-electron chi connectivity index (χ0n) is 11.8. The first-order chi connectivity index (χ1) is 8.74. The first kappa shape index (κ1) is 13.6. The molecule has 1 heterocycles. The molecule has 1 aromatic carbocycles. The summed E-state index contributed by atoms with van der Waals surface area (Å²) >= 11 is 0. The van der Waals surface area contributed by atoms with Crippen LogP contribution in [-0.4, -0.2) is 38.6 Å². The fourth-order valence-corrected chi connectivity index (χ4v) is 2.61. The van der Waals surface area contributed by atoms with Crippen LogP contribution in [0, 0.1) is 5.92 Å². The van der Waals surface area contributed by atoms with Crippen molar-refractivity contribution in [3.05, 3.63) is 35.4 Å². The topological polar surface area (TPSA) is 15.3 Å². The van der Waals surface area contributed by atoms with E-state index in [9.17, 15) is 0 Å². The van der Waals surface area contributed by atoms with Crippen LogP contribution in [0.2, 0.25) is 0 Å². The predicted molar refractivity (Wildman–Crippen MR) is 78.0 cm³/mol. The van der Waals surface area contributed by atoms with Crippen molar-refractivity contribution in [3.8, 4) is 0 Å². The second-order valence-electron chi connectivity index (χ2n) is 5.77. The van der Waals surface area contributed by atoms with Crippen LogP contribution >= 0.6 is 0 Å². The van der Waals surface area contributed by atoms with Gasteiger partial charge in [-0.05, 0) is 69.9 Å². The number of nitrogens with zero attached hydrogens (tertiary/aromatic N) is 1. The fraction of sp³-hybridized carbons (Fsp3) is 0.625. The minimum atomic E-state index is 0.888. The maximum atomic E-state index is 3.43. The molecule has 2 rings (SSSR count). The summed E-state index contributed by atoms with van der Waals surface area (Å²) in [6, 6.07) is 9.26. The van der Waals surface area contributed by atoms with Gasteiger partial charge in [-0.15, -0.1) is 0 Å². The Hall–Kier alpha value is -0.860. The summed E-state index contributed by atoms with van der Waals surface area (Å²) in [5.74, 6) is 0.888. The van der Waals surface area contributed by atoms with Gasteiger partial charge < -0.3 is 10.2 Å². The number of rotatable bonds is 5. The maximum absolute atomic E-state index is 3.43. The van der Waals surface area contributed by atoms with Crippen LogP contribution < -0.4 is 5.32 Å². The van der Waals surface area contributed by atoms with Gasteiger partial charge in [0.05, 0.1) is 0 Å². The molecule has 0 unspecified atom stereocenters. The molecular formula is C16H26N2. The van der Waals surface area contributed by atoms with E-state index in [2.05, 4.69) is 48.6 Å². The standard InChI is InChI=1S/C16H26N2/c1-18(2)12-9-14-3-5-15(6-4-14)13-16-7-10-17-11-8-16/h3-6,16-17H,7-13H2,1-2H3. The highest BCUT2D eigenvalue weighted by Gasteiger charge is 2.13. The zero-order chi connectivity index (χ0) is 12.8. The minimum absolute atomic E-state index is 0.888. The summed E-state index contributed by atoms with van der Waals surface area (Å²) in [6.07, 6.45) is 5.08. The summed E-state index contributed by atoms with van der Waals surface area (Å²) < 4.78 is 0. The van der Waals surface area contributed by atoms with Gasteiger partial charge in [-0.25, -0.2) is 0 Å². The maximum Gasteiger partial charge on any atom is 0.00157 e. The molecule has 1 aromatic rings. The van der Waals surface area contributed by atoms with Crippen LogP contribution in [0.3, 0.4) is 0 Å². The summed E-state index contributed by atoms with van der Waals surface area (Å²) in [7, 11) is 4.26. The number of benzene rings is 1. The summed E-state index contributed by atoms with van der Waals surface area (Å²) in [6.45, 7) is 3.53. The Balaban J connectivity index is 1.83. The van der Waals surface area contributed by atoms with E-state index in [0.717, 1.165) is 18.9 Å². The van der Waals surface area contributed by atoms with Gasteiger partial charge in [0.25, 0.3) is 0 Å². The molecule has 1 aliphatic rings. The lowest BCUT2D eigenvalue weighted by Crippen LogP contribution is -2.28. The minimum Gasteiger partial charge on any atom is -0.317 e. The average molecular weight is 246 g/mol. The number of nitrogens with one attached hydrogen (secondary N) is 1. The first-order valence-electron chi connectivity index (χ1n) is 7.17. The van der Waals surface area contributed by atoms with Crippen LogP contribution in [0.25, 0.3) is 0 Å². The van der Waals surface area contributed by atoms with Crippen molar-refractivity contribution in [2.24, 2.45) is 5.92 Å². The normalized spacial score (nSPS) is 17.3. The van der Waals surface area contributed by atoms with E-state index < -0.39 is 0 Å². The quantitative estimate of drug-likeness (QED) is 0.858. The van der Waals surface area contributed by atoms with Crippen molar-refractivity contribution in [3.63, 3.8) is 0 Å². The highest BCUT2D eigenvalue weighted by Crippen LogP contribution is 2.18. The molecule has 100 valence electrons. The molecule has 1 aliphatic heterocycles.